The van der Waals surface area contributed by atoms with E-state index in [-0.39, 0.29) is 11.3 Å². The van der Waals surface area contributed by atoms with Gasteiger partial charge in [0.05, 0.1) is 13.2 Å². The Balaban J connectivity index is 2.43. The number of hydrogen-bond donors (Lipinski definition) is 2. The third kappa shape index (κ3) is 5.49. The Hall–Kier alpha value is -1.10. The lowest BCUT2D eigenvalue weighted by molar-refractivity contribution is -0.120. The van der Waals surface area contributed by atoms with E-state index in [1.54, 1.807) is 7.11 Å². The van der Waals surface area contributed by atoms with Gasteiger partial charge < -0.3 is 15.4 Å². The molecule has 4 nitrogen and oxygen atoms in total. The number of carbonyl (C=O) groups is 1. The van der Waals surface area contributed by atoms with Crippen molar-refractivity contribution in [3.63, 3.8) is 0 Å². The van der Waals surface area contributed by atoms with Crippen molar-refractivity contribution in [1.29, 1.82) is 0 Å². The van der Waals surface area contributed by atoms with Gasteiger partial charge in [0.15, 0.2) is 0 Å². The largest absolute Gasteiger partial charge is 0.383 e. The van der Waals surface area contributed by atoms with Crippen LogP contribution in [-0.4, -0.2) is 39.3 Å². The predicted octanol–water partition coefficient (Wildman–Crippen LogP) is 1.97. The third-order valence-corrected chi connectivity index (χ3v) is 3.43. The van der Waals surface area contributed by atoms with Crippen LogP contribution < -0.4 is 10.6 Å². The zero-order valence-electron chi connectivity index (χ0n) is 12.3. The third-order valence-electron chi connectivity index (χ3n) is 3.10. The molecule has 2 N–H and O–H groups in total. The second kappa shape index (κ2) is 8.25. The van der Waals surface area contributed by atoms with E-state index < -0.39 is 0 Å². The van der Waals surface area contributed by atoms with E-state index in [4.69, 9.17) is 16.3 Å². The fourth-order valence-corrected chi connectivity index (χ4v) is 2.26. The molecule has 5 heteroatoms. The van der Waals surface area contributed by atoms with Crippen LogP contribution in [0.1, 0.15) is 19.4 Å². The van der Waals surface area contributed by atoms with Crippen LogP contribution in [0.4, 0.5) is 0 Å². The molecule has 0 fully saturated rings. The van der Waals surface area contributed by atoms with E-state index >= 15 is 0 Å². The first-order chi connectivity index (χ1) is 9.47. The molecule has 112 valence electrons. The van der Waals surface area contributed by atoms with Gasteiger partial charge in [0.1, 0.15) is 0 Å². The Morgan fingerprint density at radius 1 is 1.35 bits per heavy atom. The van der Waals surface area contributed by atoms with Gasteiger partial charge in [-0.1, -0.05) is 43.6 Å². The zero-order chi connectivity index (χ0) is 15.0. The van der Waals surface area contributed by atoms with Crippen LogP contribution in [0.2, 0.25) is 5.02 Å². The van der Waals surface area contributed by atoms with Gasteiger partial charge in [0.25, 0.3) is 0 Å². The Morgan fingerprint density at radius 2 is 2.05 bits per heavy atom. The summed E-state index contributed by atoms with van der Waals surface area (Å²) < 4.78 is 4.90. The van der Waals surface area contributed by atoms with Crippen molar-refractivity contribution in [1.82, 2.24) is 10.6 Å². The first kappa shape index (κ1) is 17.0. The summed E-state index contributed by atoms with van der Waals surface area (Å²) in [4.78, 5) is 11.7. The number of carbonyl (C=O) groups excluding carboxylic acids is 1. The number of benzene rings is 1. The van der Waals surface area contributed by atoms with E-state index in [9.17, 15) is 4.79 Å². The maximum atomic E-state index is 11.7. The SMILES string of the molecule is COCCNCC(=O)NCC(C)(C)c1ccccc1Cl. The number of amides is 1. The van der Waals surface area contributed by atoms with E-state index in [0.717, 1.165) is 10.6 Å². The topological polar surface area (TPSA) is 50.4 Å². The molecular weight excluding hydrogens is 276 g/mol. The summed E-state index contributed by atoms with van der Waals surface area (Å²) in [5.74, 6) is -0.0266. The highest BCUT2D eigenvalue weighted by Crippen LogP contribution is 2.28. The van der Waals surface area contributed by atoms with Gasteiger partial charge in [-0.3, -0.25) is 4.79 Å². The van der Waals surface area contributed by atoms with Gasteiger partial charge in [-0.25, -0.2) is 0 Å². The average molecular weight is 299 g/mol. The molecule has 0 radical (unpaired) electrons. The Kier molecular flexibility index (Phi) is 6.99. The Labute approximate surface area is 125 Å². The summed E-state index contributed by atoms with van der Waals surface area (Å²) in [7, 11) is 1.63. The minimum absolute atomic E-state index is 0.0266. The molecule has 0 atom stereocenters. The fraction of sp³-hybridized carbons (Fsp3) is 0.533. The molecule has 0 spiro atoms. The quantitative estimate of drug-likeness (QED) is 0.722. The lowest BCUT2D eigenvalue weighted by Crippen LogP contribution is -2.41. The maximum Gasteiger partial charge on any atom is 0.233 e. The monoisotopic (exact) mass is 298 g/mol. The molecule has 0 aromatic heterocycles. The average Bonchev–Trinajstić information content (AvgIpc) is 2.42. The van der Waals surface area contributed by atoms with E-state index in [2.05, 4.69) is 24.5 Å². The van der Waals surface area contributed by atoms with Crippen molar-refractivity contribution in [2.24, 2.45) is 0 Å². The molecule has 1 aromatic rings. The number of nitrogens with one attached hydrogen (secondary N) is 2. The van der Waals surface area contributed by atoms with Gasteiger partial charge in [-0.05, 0) is 11.6 Å². The predicted molar refractivity (Wildman–Crippen MR) is 82.2 cm³/mol. The van der Waals surface area contributed by atoms with Gasteiger partial charge in [0, 0.05) is 30.6 Å². The maximum absolute atomic E-state index is 11.7. The van der Waals surface area contributed by atoms with E-state index in [0.29, 0.717) is 26.2 Å². The minimum Gasteiger partial charge on any atom is -0.383 e. The fourth-order valence-electron chi connectivity index (χ4n) is 1.86. The summed E-state index contributed by atoms with van der Waals surface area (Å²) in [5.41, 5.74) is 0.829. The molecule has 1 rings (SSSR count). The van der Waals surface area contributed by atoms with E-state index in [1.165, 1.54) is 0 Å². The zero-order valence-corrected chi connectivity index (χ0v) is 13.1. The van der Waals surface area contributed by atoms with Crippen molar-refractivity contribution in [3.05, 3.63) is 34.9 Å². The van der Waals surface area contributed by atoms with Gasteiger partial charge in [-0.15, -0.1) is 0 Å². The molecular formula is C15H23ClN2O2. The van der Waals surface area contributed by atoms with Gasteiger partial charge in [0.2, 0.25) is 5.91 Å². The number of ether oxygens (including phenoxy) is 1. The summed E-state index contributed by atoms with van der Waals surface area (Å²) in [6.45, 7) is 6.22. The van der Waals surface area contributed by atoms with Crippen molar-refractivity contribution >= 4 is 17.5 Å². The van der Waals surface area contributed by atoms with Crippen LogP contribution in [0.15, 0.2) is 24.3 Å². The lowest BCUT2D eigenvalue weighted by atomic mass is 9.84. The van der Waals surface area contributed by atoms with Gasteiger partial charge in [-0.2, -0.15) is 0 Å². The highest BCUT2D eigenvalue weighted by molar-refractivity contribution is 6.31. The second-order valence-corrected chi connectivity index (χ2v) is 5.72. The second-order valence-electron chi connectivity index (χ2n) is 5.31. The summed E-state index contributed by atoms with van der Waals surface area (Å²) in [6, 6.07) is 7.72. The van der Waals surface area contributed by atoms with Crippen molar-refractivity contribution < 1.29 is 9.53 Å². The van der Waals surface area contributed by atoms with Crippen LogP contribution in [0.3, 0.4) is 0 Å². The standard InChI is InChI=1S/C15H23ClN2O2/c1-15(2,12-6-4-5-7-13(12)16)11-18-14(19)10-17-8-9-20-3/h4-7,17H,8-11H2,1-3H3,(H,18,19). The van der Waals surface area contributed by atoms with Crippen LogP contribution in [0.5, 0.6) is 0 Å². The van der Waals surface area contributed by atoms with Crippen molar-refractivity contribution in [3.8, 4) is 0 Å². The highest BCUT2D eigenvalue weighted by atomic mass is 35.5. The lowest BCUT2D eigenvalue weighted by Gasteiger charge is -2.26. The molecule has 20 heavy (non-hydrogen) atoms. The highest BCUT2D eigenvalue weighted by Gasteiger charge is 2.23. The van der Waals surface area contributed by atoms with Crippen LogP contribution >= 0.6 is 11.6 Å². The smallest absolute Gasteiger partial charge is 0.233 e. The first-order valence-electron chi connectivity index (χ1n) is 6.69. The molecule has 0 saturated carbocycles. The summed E-state index contributed by atoms with van der Waals surface area (Å²) in [5, 5.41) is 6.66. The Bertz CT molecular complexity index is 436. The minimum atomic E-state index is -0.208. The molecule has 0 heterocycles. The van der Waals surface area contributed by atoms with Gasteiger partial charge >= 0.3 is 0 Å². The molecule has 0 aliphatic carbocycles. The molecule has 1 amide bonds. The number of halogens is 1. The Morgan fingerprint density at radius 3 is 2.70 bits per heavy atom. The van der Waals surface area contributed by atoms with Crippen LogP contribution in [0, 0.1) is 0 Å². The number of hydrogen-bond acceptors (Lipinski definition) is 3. The first-order valence-corrected chi connectivity index (χ1v) is 7.06. The molecule has 1 aromatic carbocycles. The molecule has 0 bridgehead atoms. The number of rotatable bonds is 8. The molecule has 0 saturated heterocycles. The summed E-state index contributed by atoms with van der Waals surface area (Å²) >= 11 is 6.20. The van der Waals surface area contributed by atoms with Crippen molar-refractivity contribution in [2.75, 3.05) is 33.4 Å². The molecule has 0 aliphatic rings. The van der Waals surface area contributed by atoms with Crippen LogP contribution in [-0.2, 0) is 14.9 Å². The van der Waals surface area contributed by atoms with Crippen molar-refractivity contribution in [2.45, 2.75) is 19.3 Å². The number of methoxy groups -OCH3 is 1. The molecule has 0 unspecified atom stereocenters. The summed E-state index contributed by atoms with van der Waals surface area (Å²) in [6.07, 6.45) is 0. The molecule has 0 aliphatic heterocycles. The normalized spacial score (nSPS) is 11.4. The van der Waals surface area contributed by atoms with Crippen LogP contribution in [0.25, 0.3) is 0 Å². The van der Waals surface area contributed by atoms with E-state index in [1.807, 2.05) is 24.3 Å².